The Bertz CT molecular complexity index is 1370. The number of nitrogens with zero attached hydrogens (tertiary/aromatic N) is 1. The summed E-state index contributed by atoms with van der Waals surface area (Å²) in [7, 11) is 0. The molecule has 0 aliphatic heterocycles. The fraction of sp³-hybridized carbons (Fsp3) is 0.0909. The first kappa shape index (κ1) is 20.4. The molecule has 4 aromatic rings. The van der Waals surface area contributed by atoms with Crippen molar-refractivity contribution in [3.63, 3.8) is 0 Å². The molecule has 0 bridgehead atoms. The van der Waals surface area contributed by atoms with E-state index in [1.54, 1.807) is 24.3 Å². The van der Waals surface area contributed by atoms with Crippen molar-refractivity contribution < 1.29 is 23.3 Å². The number of benzene rings is 2. The Labute approximate surface area is 179 Å². The van der Waals surface area contributed by atoms with Gasteiger partial charge in [0.05, 0.1) is 27.2 Å². The molecule has 8 nitrogen and oxygen atoms in total. The van der Waals surface area contributed by atoms with Gasteiger partial charge in [-0.1, -0.05) is 24.6 Å². The third kappa shape index (κ3) is 3.80. The van der Waals surface area contributed by atoms with Crippen molar-refractivity contribution in [3.05, 3.63) is 91.3 Å². The van der Waals surface area contributed by atoms with Gasteiger partial charge in [-0.3, -0.25) is 14.9 Å². The second-order valence-electron chi connectivity index (χ2n) is 6.56. The number of rotatable bonds is 5. The summed E-state index contributed by atoms with van der Waals surface area (Å²) < 4.78 is 16.6. The van der Waals surface area contributed by atoms with Crippen molar-refractivity contribution in [2.24, 2.45) is 0 Å². The van der Waals surface area contributed by atoms with Crippen LogP contribution in [0.4, 0.5) is 5.69 Å². The zero-order chi connectivity index (χ0) is 22.1. The molecule has 0 radical (unpaired) electrons. The standard InChI is InChI=1S/C22H14ClNO7/c1-2-12-5-8-17-15(10-12)19(25)21(20(30-17)18-4-3-9-29-18)31-22(26)14-7-6-13(24(27)28)11-16(14)23/h3-11H,2H2,1H3. The monoisotopic (exact) mass is 439 g/mol. The topological polar surface area (TPSA) is 113 Å². The Balaban J connectivity index is 1.85. The Morgan fingerprint density at radius 3 is 2.65 bits per heavy atom. The number of nitro benzene ring substituents is 1. The molecule has 0 saturated carbocycles. The fourth-order valence-corrected chi connectivity index (χ4v) is 3.29. The first-order chi connectivity index (χ1) is 14.9. The van der Waals surface area contributed by atoms with E-state index in [0.29, 0.717) is 12.0 Å². The van der Waals surface area contributed by atoms with Crippen molar-refractivity contribution in [2.75, 3.05) is 0 Å². The highest BCUT2D eigenvalue weighted by Crippen LogP contribution is 2.33. The van der Waals surface area contributed by atoms with Crippen LogP contribution in [0.5, 0.6) is 5.75 Å². The molecule has 9 heteroatoms. The van der Waals surface area contributed by atoms with E-state index in [0.717, 1.165) is 23.8 Å². The molecule has 0 amide bonds. The predicted octanol–water partition coefficient (Wildman–Crippen LogP) is 5.40. The van der Waals surface area contributed by atoms with Crippen LogP contribution in [-0.4, -0.2) is 10.9 Å². The average molecular weight is 440 g/mol. The summed E-state index contributed by atoms with van der Waals surface area (Å²) in [6, 6.07) is 11.6. The van der Waals surface area contributed by atoms with Crippen molar-refractivity contribution in [3.8, 4) is 17.3 Å². The minimum absolute atomic E-state index is 0.0573. The summed E-state index contributed by atoms with van der Waals surface area (Å²) in [4.78, 5) is 36.2. The number of carbonyl (C=O) groups is 1. The van der Waals surface area contributed by atoms with Gasteiger partial charge in [0.15, 0.2) is 5.76 Å². The molecule has 0 unspecified atom stereocenters. The van der Waals surface area contributed by atoms with Gasteiger partial charge in [-0.2, -0.15) is 0 Å². The van der Waals surface area contributed by atoms with E-state index in [-0.39, 0.29) is 38.9 Å². The summed E-state index contributed by atoms with van der Waals surface area (Å²) in [6.45, 7) is 1.94. The normalized spacial score (nSPS) is 10.9. The molecule has 0 spiro atoms. The number of hydrogen-bond donors (Lipinski definition) is 0. The fourth-order valence-electron chi connectivity index (χ4n) is 3.04. The van der Waals surface area contributed by atoms with E-state index in [9.17, 15) is 19.7 Å². The SMILES string of the molecule is CCc1ccc2oc(-c3ccco3)c(OC(=O)c3ccc([N+](=O)[O-])cc3Cl)c(=O)c2c1. The molecule has 2 aromatic heterocycles. The van der Waals surface area contributed by atoms with Gasteiger partial charge in [0.1, 0.15) is 5.58 Å². The molecule has 4 rings (SSSR count). The van der Waals surface area contributed by atoms with Crippen LogP contribution in [-0.2, 0) is 6.42 Å². The van der Waals surface area contributed by atoms with Gasteiger partial charge in [-0.15, -0.1) is 0 Å². The van der Waals surface area contributed by atoms with Gasteiger partial charge >= 0.3 is 5.97 Å². The average Bonchev–Trinajstić information content (AvgIpc) is 3.29. The molecule has 0 fully saturated rings. The summed E-state index contributed by atoms with van der Waals surface area (Å²) in [5.41, 5.74) is 0.229. The van der Waals surface area contributed by atoms with Gasteiger partial charge in [0.2, 0.25) is 16.9 Å². The number of furan rings is 1. The van der Waals surface area contributed by atoms with Crippen LogP contribution in [0.3, 0.4) is 0 Å². The highest BCUT2D eigenvalue weighted by Gasteiger charge is 2.24. The molecule has 31 heavy (non-hydrogen) atoms. The number of carbonyl (C=O) groups excluding carboxylic acids is 1. The lowest BCUT2D eigenvalue weighted by atomic mass is 10.1. The molecule has 0 aliphatic rings. The number of esters is 1. The number of non-ortho nitro benzene ring substituents is 1. The number of aryl methyl sites for hydroxylation is 1. The summed E-state index contributed by atoms with van der Waals surface area (Å²) in [5, 5.41) is 10.9. The number of halogens is 1. The van der Waals surface area contributed by atoms with Gasteiger partial charge in [-0.25, -0.2) is 4.79 Å². The van der Waals surface area contributed by atoms with Crippen LogP contribution in [0.1, 0.15) is 22.8 Å². The van der Waals surface area contributed by atoms with Crippen molar-refractivity contribution in [2.45, 2.75) is 13.3 Å². The second kappa shape index (κ2) is 8.08. The van der Waals surface area contributed by atoms with Crippen LogP contribution in [0.15, 0.2) is 68.4 Å². The smallest absolute Gasteiger partial charge is 0.345 e. The highest BCUT2D eigenvalue weighted by molar-refractivity contribution is 6.33. The Hall–Kier alpha value is -3.91. The molecule has 0 saturated heterocycles. The quantitative estimate of drug-likeness (QED) is 0.232. The molecule has 2 aromatic carbocycles. The van der Waals surface area contributed by atoms with Crippen LogP contribution in [0, 0.1) is 10.1 Å². The number of fused-ring (bicyclic) bond motifs is 1. The van der Waals surface area contributed by atoms with E-state index in [1.165, 1.54) is 6.26 Å². The minimum atomic E-state index is -0.967. The second-order valence-corrected chi connectivity index (χ2v) is 6.97. The molecular weight excluding hydrogens is 426 g/mol. The van der Waals surface area contributed by atoms with Crippen LogP contribution in [0.2, 0.25) is 5.02 Å². The van der Waals surface area contributed by atoms with E-state index in [2.05, 4.69) is 0 Å². The van der Waals surface area contributed by atoms with Crippen LogP contribution in [0.25, 0.3) is 22.5 Å². The van der Waals surface area contributed by atoms with Crippen LogP contribution >= 0.6 is 11.6 Å². The van der Waals surface area contributed by atoms with E-state index >= 15 is 0 Å². The molecular formula is C22H14ClNO7. The van der Waals surface area contributed by atoms with Crippen molar-refractivity contribution in [1.29, 1.82) is 0 Å². The number of ether oxygens (including phenoxy) is 1. The number of nitro groups is 1. The van der Waals surface area contributed by atoms with Gasteiger partial charge in [0.25, 0.3) is 5.69 Å². The molecule has 0 aliphatic carbocycles. The summed E-state index contributed by atoms with van der Waals surface area (Å²) in [5.74, 6) is -1.20. The molecule has 0 atom stereocenters. The van der Waals surface area contributed by atoms with Gasteiger partial charge < -0.3 is 13.6 Å². The number of hydrogen-bond acceptors (Lipinski definition) is 7. The lowest BCUT2D eigenvalue weighted by Gasteiger charge is -2.10. The zero-order valence-corrected chi connectivity index (χ0v) is 16.8. The van der Waals surface area contributed by atoms with Crippen molar-refractivity contribution in [1.82, 2.24) is 0 Å². The van der Waals surface area contributed by atoms with Gasteiger partial charge in [0, 0.05) is 12.1 Å². The van der Waals surface area contributed by atoms with E-state index in [4.69, 9.17) is 25.2 Å². The maximum Gasteiger partial charge on any atom is 0.345 e. The molecule has 156 valence electrons. The highest BCUT2D eigenvalue weighted by atomic mass is 35.5. The van der Waals surface area contributed by atoms with E-state index < -0.39 is 16.3 Å². The maximum absolute atomic E-state index is 13.2. The maximum atomic E-state index is 13.2. The third-order valence-corrected chi connectivity index (χ3v) is 4.96. The Morgan fingerprint density at radius 2 is 2.00 bits per heavy atom. The Kier molecular flexibility index (Phi) is 5.31. The minimum Gasteiger partial charge on any atom is -0.461 e. The lowest BCUT2D eigenvalue weighted by molar-refractivity contribution is -0.384. The predicted molar refractivity (Wildman–Crippen MR) is 113 cm³/mol. The zero-order valence-electron chi connectivity index (χ0n) is 16.1. The van der Waals surface area contributed by atoms with E-state index in [1.807, 2.05) is 13.0 Å². The Morgan fingerprint density at radius 1 is 1.19 bits per heavy atom. The molecule has 2 heterocycles. The van der Waals surface area contributed by atoms with Crippen molar-refractivity contribution >= 4 is 34.2 Å². The third-order valence-electron chi connectivity index (χ3n) is 4.64. The molecule has 0 N–H and O–H groups in total. The van der Waals surface area contributed by atoms with Crippen LogP contribution < -0.4 is 10.2 Å². The summed E-state index contributed by atoms with van der Waals surface area (Å²) >= 11 is 6.02. The first-order valence-electron chi connectivity index (χ1n) is 9.18. The largest absolute Gasteiger partial charge is 0.461 e. The summed E-state index contributed by atoms with van der Waals surface area (Å²) in [6.07, 6.45) is 2.08. The first-order valence-corrected chi connectivity index (χ1v) is 9.56. The lowest BCUT2D eigenvalue weighted by Crippen LogP contribution is -2.16. The van der Waals surface area contributed by atoms with Gasteiger partial charge in [-0.05, 0) is 42.3 Å².